The lowest BCUT2D eigenvalue weighted by Crippen LogP contribution is -2.33. The predicted molar refractivity (Wildman–Crippen MR) is 404 cm³/mol. The zero-order chi connectivity index (χ0) is 81.4. The van der Waals surface area contributed by atoms with Crippen molar-refractivity contribution >= 4 is 73.7 Å². The summed E-state index contributed by atoms with van der Waals surface area (Å²) in [5.74, 6) is -0.778. The van der Waals surface area contributed by atoms with E-state index in [0.717, 1.165) is 16.7 Å². The average molecular weight is 1640 g/mol. The highest BCUT2D eigenvalue weighted by atomic mass is 31.2. The largest absolute Gasteiger partial charge is 0.387 e. The summed E-state index contributed by atoms with van der Waals surface area (Å²) in [4.78, 5) is 67.2. The van der Waals surface area contributed by atoms with Gasteiger partial charge in [0.1, 0.15) is 92.2 Å². The standard InChI is InChI=1S/C27H35N6O7P.C25H31N6O7P.C20H23N6O7P/c1-6-36-41(34,37-7-2)16-35-14-19-22-23(40-27(4,5)39-22)26(38-19)33-15-29-21-24(31-20(13-28)32-25(21)33)30-17(3)18-11-9-8-10-12-18;1-5-35-39(32,33)14-34-12-17-20-21(38-25(3,4)37-20)24(36-17)31-13-27-19-22(29-18(11-26)30-23(19)31)28-15(2)16-9-7-6-8-10-16;1-11(12-5-3-2-4-6-12)23-18-15-19(25-14(7-21)24-18)26(9-22-15)20-17(28)16(27)13(33-20)8-32-10-34(29,30)31/h8-12,15,17,19,22-23,26H,6-7,14,16H2,1-5H3,(H,30,31,32);6-10,13,15,17,20-21,24H,5,12,14H2,1-4H3,(H,32,33)(H,28,29,30);2-6,9,11,13,16-17,20,27-28H,8,10H2,1H3,(H,23,24,25)(H2,29,30,31)/t17-,19+,22+,23+,26+;15-,17+,20+,21+,24+;11-,13+,16+,17+,20+/m000/s1. The van der Waals surface area contributed by atoms with Crippen molar-refractivity contribution in [3.05, 3.63) is 144 Å². The second-order valence-corrected chi connectivity index (χ2v) is 33.2. The second-order valence-electron chi connectivity index (χ2n) is 27.8. The van der Waals surface area contributed by atoms with Crippen LogP contribution in [-0.4, -0.2) is 209 Å². The molecule has 5 aliphatic rings. The summed E-state index contributed by atoms with van der Waals surface area (Å²) in [5.41, 5.74) is 5.36. The lowest BCUT2D eigenvalue weighted by Gasteiger charge is -2.25. The molecule has 0 bridgehead atoms. The Balaban J connectivity index is 0.000000159. The van der Waals surface area contributed by atoms with Crippen LogP contribution in [0.25, 0.3) is 33.5 Å². The van der Waals surface area contributed by atoms with Crippen LogP contribution in [0.15, 0.2) is 110 Å². The summed E-state index contributed by atoms with van der Waals surface area (Å²) < 4.78 is 115. The van der Waals surface area contributed by atoms with Crippen LogP contribution in [0.3, 0.4) is 0 Å². The lowest BCUT2D eigenvalue weighted by atomic mass is 10.1. The molecule has 0 saturated carbocycles. The topological polar surface area (TPSA) is 511 Å². The minimum absolute atomic E-state index is 0.0111. The van der Waals surface area contributed by atoms with Crippen molar-refractivity contribution in [2.45, 2.75) is 173 Å². The summed E-state index contributed by atoms with van der Waals surface area (Å²) in [6.07, 6.45) is -6.72. The first-order valence-corrected chi connectivity index (χ1v) is 41.8. The number of hydrogen-bond donors (Lipinski definition) is 8. The maximum atomic E-state index is 12.8. The summed E-state index contributed by atoms with van der Waals surface area (Å²) in [6.45, 7) is 18.5. The number of benzene rings is 3. The van der Waals surface area contributed by atoms with Gasteiger partial charge in [-0.2, -0.15) is 45.7 Å². The molecular weight excluding hydrogens is 1550 g/mol. The third-order valence-corrected chi connectivity index (χ3v) is 22.0. The zero-order valence-corrected chi connectivity index (χ0v) is 66.4. The molecule has 42 heteroatoms. The number of nitrogens with zero attached hydrogens (tertiary/aromatic N) is 15. The molecule has 11 heterocycles. The Morgan fingerprint density at radius 3 is 1.16 bits per heavy atom. The van der Waals surface area contributed by atoms with Gasteiger partial charge in [-0.05, 0) is 85.9 Å². The zero-order valence-electron chi connectivity index (χ0n) is 63.7. The van der Waals surface area contributed by atoms with E-state index in [1.165, 1.54) is 10.9 Å². The molecule has 14 rings (SSSR count). The summed E-state index contributed by atoms with van der Waals surface area (Å²) in [7, 11) is -11.7. The van der Waals surface area contributed by atoms with Crippen molar-refractivity contribution < 1.29 is 99.5 Å². The Morgan fingerprint density at radius 1 is 0.465 bits per heavy atom. The van der Waals surface area contributed by atoms with Crippen LogP contribution in [-0.2, 0) is 74.6 Å². The molecule has 6 aromatic heterocycles. The van der Waals surface area contributed by atoms with Crippen molar-refractivity contribution in [2.75, 3.05) is 74.6 Å². The first-order valence-electron chi connectivity index (χ1n) is 36.5. The van der Waals surface area contributed by atoms with Crippen LogP contribution in [0.4, 0.5) is 17.5 Å². The summed E-state index contributed by atoms with van der Waals surface area (Å²) >= 11 is 0. The monoisotopic (exact) mass is 1630 g/mol. The molecule has 39 nitrogen and oxygen atoms in total. The Labute approximate surface area is 654 Å². The Morgan fingerprint density at radius 2 is 0.798 bits per heavy atom. The molecule has 114 heavy (non-hydrogen) atoms. The van der Waals surface area contributed by atoms with E-state index in [2.05, 4.69) is 60.8 Å². The van der Waals surface area contributed by atoms with E-state index in [9.17, 15) is 44.6 Å². The first kappa shape index (κ1) is 84.5. The number of aromatic nitrogens is 12. The van der Waals surface area contributed by atoms with E-state index in [1.807, 2.05) is 144 Å². The van der Waals surface area contributed by atoms with E-state index in [4.69, 9.17) is 70.7 Å². The highest BCUT2D eigenvalue weighted by Gasteiger charge is 2.58. The van der Waals surface area contributed by atoms with E-state index in [1.54, 1.807) is 56.4 Å². The van der Waals surface area contributed by atoms with Crippen LogP contribution in [0, 0.1) is 34.0 Å². The number of ether oxygens (including phenoxy) is 10. The van der Waals surface area contributed by atoms with Crippen molar-refractivity contribution in [3.8, 4) is 18.2 Å². The normalized spacial score (nSPS) is 24.7. The molecular formula is C72H89N18O21P3. The van der Waals surface area contributed by atoms with Gasteiger partial charge in [-0.1, -0.05) is 91.0 Å². The van der Waals surface area contributed by atoms with Gasteiger partial charge in [0.25, 0.3) is 0 Å². The third-order valence-electron chi connectivity index (χ3n) is 18.5. The van der Waals surface area contributed by atoms with E-state index in [0.29, 0.717) is 45.3 Å². The molecule has 0 aliphatic carbocycles. The van der Waals surface area contributed by atoms with Gasteiger partial charge >= 0.3 is 22.8 Å². The fourth-order valence-corrected chi connectivity index (χ4v) is 16.1. The molecule has 5 fully saturated rings. The van der Waals surface area contributed by atoms with E-state index >= 15 is 0 Å². The first-order chi connectivity index (χ1) is 54.4. The Hall–Kier alpha value is -8.85. The molecule has 5 saturated heterocycles. The van der Waals surface area contributed by atoms with Gasteiger partial charge < -0.3 is 102 Å². The van der Waals surface area contributed by atoms with Crippen LogP contribution < -0.4 is 16.0 Å². The van der Waals surface area contributed by atoms with Crippen LogP contribution in [0.5, 0.6) is 0 Å². The Kier molecular flexibility index (Phi) is 26.8. The molecule has 9 aromatic rings. The number of hydrogen-bond acceptors (Lipinski definition) is 33. The molecule has 3 aromatic carbocycles. The van der Waals surface area contributed by atoms with Gasteiger partial charge in [0.2, 0.25) is 17.5 Å². The number of fused-ring (bicyclic) bond motifs is 5. The number of nitriles is 3. The average Bonchev–Trinajstić information content (AvgIpc) is 1.60. The van der Waals surface area contributed by atoms with Crippen LogP contribution in [0.1, 0.15) is 140 Å². The fraction of sp³-hybridized carbons (Fsp3) is 0.500. The number of nitrogens with one attached hydrogen (secondary N) is 3. The quantitative estimate of drug-likeness (QED) is 0.0195. The molecule has 608 valence electrons. The maximum Gasteiger partial charge on any atom is 0.356 e. The van der Waals surface area contributed by atoms with Gasteiger partial charge in [-0.15, -0.1) is 0 Å². The van der Waals surface area contributed by atoms with E-state index in [-0.39, 0.29) is 87.2 Å². The van der Waals surface area contributed by atoms with Gasteiger partial charge in [-0.25, -0.2) is 15.0 Å². The molecule has 0 radical (unpaired) electrons. The molecule has 5 aliphatic heterocycles. The van der Waals surface area contributed by atoms with Crippen molar-refractivity contribution in [1.29, 1.82) is 15.8 Å². The van der Waals surface area contributed by atoms with E-state index < -0.39 is 121 Å². The van der Waals surface area contributed by atoms with Crippen molar-refractivity contribution in [1.82, 2.24) is 58.6 Å². The molecule has 1 unspecified atom stereocenters. The van der Waals surface area contributed by atoms with Gasteiger partial charge in [0.05, 0.1) is 76.7 Å². The van der Waals surface area contributed by atoms with Gasteiger partial charge in [0, 0.05) is 0 Å². The number of aliphatic hydroxyl groups is 2. The number of imidazole rings is 3. The maximum absolute atomic E-state index is 12.8. The molecule has 0 spiro atoms. The van der Waals surface area contributed by atoms with Crippen molar-refractivity contribution in [3.63, 3.8) is 0 Å². The van der Waals surface area contributed by atoms with Gasteiger partial charge in [0.15, 0.2) is 81.2 Å². The smallest absolute Gasteiger partial charge is 0.356 e. The summed E-state index contributed by atoms with van der Waals surface area (Å²) in [5, 5.41) is 59.6. The van der Waals surface area contributed by atoms with Crippen molar-refractivity contribution in [2.24, 2.45) is 0 Å². The van der Waals surface area contributed by atoms with Crippen LogP contribution >= 0.6 is 22.8 Å². The SMILES string of the molecule is CCOP(=O)(COC[C@H]1O[C@@H](n2cnc3c(N[C@@H](C)c4ccccc4)nc(C#N)nc32)[C@@H]2OC(C)(C)O[C@@H]21)OCC.CCOP(=O)(O)COC[C@H]1O[C@@H](n2cnc3c(N[C@@H](C)c4ccccc4)nc(C#N)nc32)[C@@H]2OC(C)(C)O[C@@H]21.C[C@H](Nc1nc(C#N)nc2c1ncn2[C@@H]1O[C@H](COCP(=O)(O)O)[C@@H](O)[C@H]1O)c1ccccc1. The van der Waals surface area contributed by atoms with Crippen LogP contribution in [0.2, 0.25) is 0 Å². The minimum atomic E-state index is -4.39. The highest BCUT2D eigenvalue weighted by molar-refractivity contribution is 7.53. The minimum Gasteiger partial charge on any atom is -0.387 e. The third kappa shape index (κ3) is 19.8. The number of anilines is 3. The number of rotatable bonds is 30. The predicted octanol–water partition coefficient (Wildman–Crippen LogP) is 8.66. The molecule has 0 amide bonds. The summed E-state index contributed by atoms with van der Waals surface area (Å²) in [6, 6.07) is 34.9. The van der Waals surface area contributed by atoms with Gasteiger partial charge in [-0.3, -0.25) is 27.4 Å². The highest BCUT2D eigenvalue weighted by Crippen LogP contribution is 2.50. The lowest BCUT2D eigenvalue weighted by molar-refractivity contribution is -0.201. The fourth-order valence-electron chi connectivity index (χ4n) is 13.6. The molecule has 16 atom stereocenters. The second kappa shape index (κ2) is 36.1. The number of aliphatic hydroxyl groups excluding tert-OH is 2. The molecule has 8 N–H and O–H groups in total. The Bertz CT molecular complexity index is 5080.